The minimum atomic E-state index is 0.238. The molecule has 118 valence electrons. The zero-order valence-electron chi connectivity index (χ0n) is 13.5. The van der Waals surface area contributed by atoms with Crippen LogP contribution in [-0.2, 0) is 0 Å². The molecule has 0 saturated carbocycles. The number of guanidine groups is 1. The van der Waals surface area contributed by atoms with Crippen molar-refractivity contribution in [2.45, 2.75) is 52.1 Å². The van der Waals surface area contributed by atoms with Gasteiger partial charge >= 0.3 is 0 Å². The van der Waals surface area contributed by atoms with Crippen molar-refractivity contribution in [3.63, 3.8) is 0 Å². The van der Waals surface area contributed by atoms with E-state index >= 15 is 0 Å². The van der Waals surface area contributed by atoms with E-state index < -0.39 is 0 Å². The maximum Gasteiger partial charge on any atom is 0.189 e. The first-order valence-corrected chi connectivity index (χ1v) is 7.68. The summed E-state index contributed by atoms with van der Waals surface area (Å²) in [7, 11) is 0. The van der Waals surface area contributed by atoms with Crippen molar-refractivity contribution in [2.75, 3.05) is 13.1 Å². The second kappa shape index (κ2) is 9.34. The summed E-state index contributed by atoms with van der Waals surface area (Å²) >= 11 is 0. The van der Waals surface area contributed by atoms with Gasteiger partial charge in [0.05, 0.1) is 6.54 Å². The molecule has 5 N–H and O–H groups in total. The average Bonchev–Trinajstić information content (AvgIpc) is 2.61. The van der Waals surface area contributed by atoms with Gasteiger partial charge in [-0.2, -0.15) is 0 Å². The van der Waals surface area contributed by atoms with Crippen LogP contribution in [0.15, 0.2) is 33.8 Å². The van der Waals surface area contributed by atoms with E-state index in [2.05, 4.69) is 40.5 Å². The summed E-state index contributed by atoms with van der Waals surface area (Å²) in [5.41, 5.74) is 13.9. The van der Waals surface area contributed by atoms with Crippen molar-refractivity contribution in [2.24, 2.45) is 21.5 Å². The van der Waals surface area contributed by atoms with Crippen LogP contribution < -0.4 is 16.8 Å². The van der Waals surface area contributed by atoms with Crippen LogP contribution in [0, 0.1) is 0 Å². The molecule has 0 fully saturated rings. The van der Waals surface area contributed by atoms with E-state index in [9.17, 15) is 0 Å². The van der Waals surface area contributed by atoms with Gasteiger partial charge in [-0.1, -0.05) is 23.8 Å². The summed E-state index contributed by atoms with van der Waals surface area (Å²) in [6, 6.07) is 0.497. The van der Waals surface area contributed by atoms with Crippen LogP contribution in [0.2, 0.25) is 0 Å². The van der Waals surface area contributed by atoms with Gasteiger partial charge in [-0.05, 0) is 46.6 Å². The third kappa shape index (κ3) is 7.66. The number of nitrogens with two attached hydrogens (primary N) is 2. The standard InChI is InChI=1S/C16H29N5/c1-12(2)20-15(9-10-17)11-19-16(18)21-14-6-4-5-13(3)7-8-14/h5,7-8,12,14H,4,6,9-11,17H2,1-3H3,(H3,18,19,21)/b20-15-/t14-/m0/s1. The monoisotopic (exact) mass is 291 g/mol. The Balaban J connectivity index is 2.54. The van der Waals surface area contributed by atoms with Crippen molar-refractivity contribution in [3.05, 3.63) is 23.8 Å². The lowest BCUT2D eigenvalue weighted by Gasteiger charge is -2.14. The van der Waals surface area contributed by atoms with E-state index in [4.69, 9.17) is 11.5 Å². The molecule has 0 radical (unpaired) electrons. The molecule has 0 aliphatic heterocycles. The number of rotatable bonds is 6. The number of allylic oxidation sites excluding steroid dienone is 3. The molecule has 0 spiro atoms. The first-order valence-electron chi connectivity index (χ1n) is 7.68. The summed E-state index contributed by atoms with van der Waals surface area (Å²) in [5.74, 6) is 0.470. The molecule has 0 aromatic heterocycles. The maximum absolute atomic E-state index is 5.97. The molecule has 21 heavy (non-hydrogen) atoms. The second-order valence-corrected chi connectivity index (χ2v) is 5.66. The van der Waals surface area contributed by atoms with Gasteiger partial charge in [0.25, 0.3) is 0 Å². The van der Waals surface area contributed by atoms with Crippen molar-refractivity contribution < 1.29 is 0 Å². The highest BCUT2D eigenvalue weighted by atomic mass is 15.1. The lowest BCUT2D eigenvalue weighted by atomic mass is 10.2. The molecule has 1 rings (SSSR count). The van der Waals surface area contributed by atoms with E-state index in [1.807, 2.05) is 13.8 Å². The van der Waals surface area contributed by atoms with Crippen LogP contribution >= 0.6 is 0 Å². The van der Waals surface area contributed by atoms with E-state index in [1.165, 1.54) is 5.57 Å². The number of hydrogen-bond donors (Lipinski definition) is 3. The molecule has 5 nitrogen and oxygen atoms in total. The Morgan fingerprint density at radius 2 is 2.24 bits per heavy atom. The normalized spacial score (nSPS) is 20.4. The Labute approximate surface area is 128 Å². The van der Waals surface area contributed by atoms with Crippen molar-refractivity contribution >= 4 is 11.7 Å². The molecule has 1 atom stereocenters. The molecule has 0 aromatic carbocycles. The highest BCUT2D eigenvalue weighted by Gasteiger charge is 2.07. The second-order valence-electron chi connectivity index (χ2n) is 5.66. The van der Waals surface area contributed by atoms with Gasteiger partial charge in [0, 0.05) is 17.8 Å². The quantitative estimate of drug-likeness (QED) is 0.514. The van der Waals surface area contributed by atoms with Gasteiger partial charge < -0.3 is 16.8 Å². The predicted octanol–water partition coefficient (Wildman–Crippen LogP) is 1.75. The van der Waals surface area contributed by atoms with Crippen molar-refractivity contribution in [1.29, 1.82) is 0 Å². The zero-order valence-corrected chi connectivity index (χ0v) is 13.5. The first kappa shape index (κ1) is 17.4. The lowest BCUT2D eigenvalue weighted by molar-refractivity contribution is 0.667. The summed E-state index contributed by atoms with van der Waals surface area (Å²) in [6.07, 6.45) is 9.35. The Morgan fingerprint density at radius 3 is 2.90 bits per heavy atom. The van der Waals surface area contributed by atoms with Crippen LogP contribution in [0.4, 0.5) is 0 Å². The number of nitrogens with one attached hydrogen (secondary N) is 1. The Kier molecular flexibility index (Phi) is 7.75. The number of aliphatic imine (C=N–C) groups is 2. The molecule has 1 aliphatic carbocycles. The van der Waals surface area contributed by atoms with Gasteiger partial charge in [-0.15, -0.1) is 0 Å². The lowest BCUT2D eigenvalue weighted by Crippen LogP contribution is -2.39. The Hall–Kier alpha value is -1.62. The summed E-state index contributed by atoms with van der Waals surface area (Å²) in [6.45, 7) is 7.31. The molecular weight excluding hydrogens is 262 g/mol. The summed E-state index contributed by atoms with van der Waals surface area (Å²) < 4.78 is 0. The number of nitrogens with zero attached hydrogens (tertiary/aromatic N) is 2. The molecule has 1 aliphatic rings. The van der Waals surface area contributed by atoms with Gasteiger partial charge in [0.15, 0.2) is 5.96 Å². The van der Waals surface area contributed by atoms with Crippen LogP contribution in [0.3, 0.4) is 0 Å². The van der Waals surface area contributed by atoms with Crippen LogP contribution in [-0.4, -0.2) is 36.8 Å². The minimum Gasteiger partial charge on any atom is -0.370 e. The Morgan fingerprint density at radius 1 is 1.48 bits per heavy atom. The van der Waals surface area contributed by atoms with E-state index in [1.54, 1.807) is 0 Å². The first-order chi connectivity index (χ1) is 10.0. The van der Waals surface area contributed by atoms with E-state index in [-0.39, 0.29) is 12.1 Å². The van der Waals surface area contributed by atoms with Gasteiger partial charge in [0.1, 0.15) is 0 Å². The van der Waals surface area contributed by atoms with Crippen LogP contribution in [0.1, 0.15) is 40.0 Å². The molecule has 0 bridgehead atoms. The van der Waals surface area contributed by atoms with E-state index in [0.717, 1.165) is 25.0 Å². The summed E-state index contributed by atoms with van der Waals surface area (Å²) in [5, 5.41) is 3.25. The van der Waals surface area contributed by atoms with Crippen molar-refractivity contribution in [3.8, 4) is 0 Å². The fraction of sp³-hybridized carbons (Fsp3) is 0.625. The van der Waals surface area contributed by atoms with Crippen molar-refractivity contribution in [1.82, 2.24) is 5.32 Å². The van der Waals surface area contributed by atoms with E-state index in [0.29, 0.717) is 19.0 Å². The molecule has 0 unspecified atom stereocenters. The molecule has 5 heteroatoms. The molecule has 0 aromatic rings. The number of hydrogen-bond acceptors (Lipinski definition) is 3. The van der Waals surface area contributed by atoms with Gasteiger partial charge in [0.2, 0.25) is 0 Å². The molecule has 0 heterocycles. The molecule has 0 amide bonds. The zero-order chi connectivity index (χ0) is 15.7. The van der Waals surface area contributed by atoms with Crippen LogP contribution in [0.5, 0.6) is 0 Å². The average molecular weight is 291 g/mol. The largest absolute Gasteiger partial charge is 0.370 e. The SMILES string of the molecule is CC1=CCC[C@H](N/C(N)=N/C/C(CCN)=N\C(C)C)C=C1. The minimum absolute atomic E-state index is 0.238. The van der Waals surface area contributed by atoms with Gasteiger partial charge in [-0.25, -0.2) is 4.99 Å². The van der Waals surface area contributed by atoms with Crippen LogP contribution in [0.25, 0.3) is 0 Å². The summed E-state index contributed by atoms with van der Waals surface area (Å²) in [4.78, 5) is 8.92. The smallest absolute Gasteiger partial charge is 0.189 e. The highest BCUT2D eigenvalue weighted by molar-refractivity contribution is 5.89. The third-order valence-electron chi connectivity index (χ3n) is 3.17. The molecule has 0 saturated heterocycles. The third-order valence-corrected chi connectivity index (χ3v) is 3.17. The fourth-order valence-corrected chi connectivity index (χ4v) is 2.17. The molecular formula is C16H29N5. The maximum atomic E-state index is 5.97. The topological polar surface area (TPSA) is 88.8 Å². The predicted molar refractivity (Wildman–Crippen MR) is 91.8 cm³/mol. The highest BCUT2D eigenvalue weighted by Crippen LogP contribution is 2.10. The fourth-order valence-electron chi connectivity index (χ4n) is 2.17. The van der Waals surface area contributed by atoms with Gasteiger partial charge in [-0.3, -0.25) is 4.99 Å². The Bertz CT molecular complexity index is 432.